The van der Waals surface area contributed by atoms with Crippen LogP contribution in [0.25, 0.3) is 0 Å². The highest BCUT2D eigenvalue weighted by atomic mass is 32.2. The van der Waals surface area contributed by atoms with Gasteiger partial charge >= 0.3 is 0 Å². The molecule has 2 aliphatic rings. The van der Waals surface area contributed by atoms with E-state index in [9.17, 15) is 13.2 Å². The highest BCUT2D eigenvalue weighted by Gasteiger charge is 2.55. The molecule has 1 heterocycles. The Morgan fingerprint density at radius 2 is 1.49 bits per heavy atom. The molecule has 1 aliphatic heterocycles. The van der Waals surface area contributed by atoms with Crippen LogP contribution in [0.1, 0.15) is 42.9 Å². The third-order valence-corrected chi connectivity index (χ3v) is 10.2. The van der Waals surface area contributed by atoms with Crippen LogP contribution in [0.15, 0.2) is 89.8 Å². The van der Waals surface area contributed by atoms with Gasteiger partial charge in [0.25, 0.3) is 10.1 Å². The van der Waals surface area contributed by atoms with Crippen LogP contribution in [0.5, 0.6) is 0 Å². The number of likely N-dealkylation sites (N-methyl/N-ethyl adjacent to an activating group) is 1. The molecule has 206 valence electrons. The quantitative estimate of drug-likeness (QED) is 0.424. The lowest BCUT2D eigenvalue weighted by atomic mass is 9.64. The molecular weight excluding hydrogens is 510 g/mol. The van der Waals surface area contributed by atoms with Crippen LogP contribution in [0.3, 0.4) is 0 Å². The van der Waals surface area contributed by atoms with Crippen LogP contribution in [-0.4, -0.2) is 56.2 Å². The maximum absolute atomic E-state index is 13.5. The molecule has 5 rings (SSSR count). The first-order valence-electron chi connectivity index (χ1n) is 13.5. The van der Waals surface area contributed by atoms with Crippen LogP contribution in [0.2, 0.25) is 0 Å². The molecule has 0 spiro atoms. The third-order valence-electron chi connectivity index (χ3n) is 8.80. The summed E-state index contributed by atoms with van der Waals surface area (Å²) in [6.07, 6.45) is 2.26. The molecule has 3 atom stereocenters. The van der Waals surface area contributed by atoms with Gasteiger partial charge in [-0.25, -0.2) is 4.18 Å². The number of carbonyl (C=O) groups excluding carboxylic acids is 1. The number of amides is 1. The summed E-state index contributed by atoms with van der Waals surface area (Å²) in [6, 6.07) is 26.3. The number of nitrogens with zero attached hydrogens (tertiary/aromatic N) is 2. The van der Waals surface area contributed by atoms with Gasteiger partial charge < -0.3 is 5.73 Å². The molecule has 0 aromatic heterocycles. The molecule has 0 bridgehead atoms. The van der Waals surface area contributed by atoms with Crippen LogP contribution >= 0.6 is 0 Å². The van der Waals surface area contributed by atoms with Crippen molar-refractivity contribution in [2.45, 2.75) is 55.3 Å². The monoisotopic (exact) mass is 547 g/mol. The van der Waals surface area contributed by atoms with E-state index in [0.29, 0.717) is 19.5 Å². The van der Waals surface area contributed by atoms with Crippen molar-refractivity contribution in [3.8, 4) is 0 Å². The standard InChI is InChI=1S/C31H37N3O4S/c1-23-14-18-28(19-15-23)39(36,37)38-30(2)33(3)20-21-34(30)27-17-16-26(22-27)31(29(32)35,24-10-6-4-7-11-24)25-12-8-5-9-13-25/h4-15,18-19,26-27H,16-17,20-22H2,1-3H3,(H2,32,35)/t26-,27+,30?/m0/s1. The van der Waals surface area contributed by atoms with Crippen molar-refractivity contribution in [3.63, 3.8) is 0 Å². The number of rotatable bonds is 8. The summed E-state index contributed by atoms with van der Waals surface area (Å²) in [7, 11) is -2.13. The first kappa shape index (κ1) is 27.5. The van der Waals surface area contributed by atoms with Gasteiger partial charge in [0, 0.05) is 19.1 Å². The first-order valence-corrected chi connectivity index (χ1v) is 14.9. The van der Waals surface area contributed by atoms with Gasteiger partial charge in [0.1, 0.15) is 5.41 Å². The average molecular weight is 548 g/mol. The van der Waals surface area contributed by atoms with Crippen molar-refractivity contribution in [1.82, 2.24) is 9.80 Å². The third kappa shape index (κ3) is 4.80. The SMILES string of the molecule is Cc1ccc(S(=O)(=O)OC2(C)N(C)CCN2[C@@H]2CC[C@H](C(C(N)=O)(c3ccccc3)c3ccccc3)C2)cc1. The van der Waals surface area contributed by atoms with E-state index in [4.69, 9.17) is 9.92 Å². The molecule has 1 saturated heterocycles. The van der Waals surface area contributed by atoms with Crippen LogP contribution in [-0.2, 0) is 24.5 Å². The molecule has 1 saturated carbocycles. The molecule has 2 fully saturated rings. The van der Waals surface area contributed by atoms with E-state index in [2.05, 4.69) is 4.90 Å². The topological polar surface area (TPSA) is 92.9 Å². The first-order chi connectivity index (χ1) is 18.6. The number of primary amides is 1. The fraction of sp³-hybridized carbons (Fsp3) is 0.387. The number of nitrogens with two attached hydrogens (primary N) is 1. The van der Waals surface area contributed by atoms with Crippen LogP contribution < -0.4 is 5.73 Å². The van der Waals surface area contributed by atoms with Gasteiger partial charge in [-0.3, -0.25) is 14.6 Å². The molecule has 0 radical (unpaired) electrons. The van der Waals surface area contributed by atoms with E-state index < -0.39 is 21.4 Å². The Hall–Kier alpha value is -3.04. The van der Waals surface area contributed by atoms with E-state index in [1.807, 2.05) is 86.5 Å². The summed E-state index contributed by atoms with van der Waals surface area (Å²) in [5.41, 5.74) is 8.04. The lowest BCUT2D eigenvalue weighted by Gasteiger charge is -2.42. The Morgan fingerprint density at radius 3 is 2.03 bits per heavy atom. The molecule has 7 nitrogen and oxygen atoms in total. The van der Waals surface area contributed by atoms with E-state index >= 15 is 0 Å². The predicted molar refractivity (Wildman–Crippen MR) is 151 cm³/mol. The molecule has 3 aromatic rings. The van der Waals surface area contributed by atoms with Crippen molar-refractivity contribution >= 4 is 16.0 Å². The summed E-state index contributed by atoms with van der Waals surface area (Å²) < 4.78 is 32.7. The van der Waals surface area contributed by atoms with Gasteiger partial charge in [-0.05, 0) is 69.3 Å². The summed E-state index contributed by atoms with van der Waals surface area (Å²) in [4.78, 5) is 17.7. The smallest absolute Gasteiger partial charge is 0.299 e. The lowest BCUT2D eigenvalue weighted by molar-refractivity contribution is -0.138. The van der Waals surface area contributed by atoms with Gasteiger partial charge in [0.05, 0.1) is 4.90 Å². The largest absolute Gasteiger partial charge is 0.369 e. The predicted octanol–water partition coefficient (Wildman–Crippen LogP) is 4.26. The summed E-state index contributed by atoms with van der Waals surface area (Å²) >= 11 is 0. The van der Waals surface area contributed by atoms with Crippen molar-refractivity contribution < 1.29 is 17.4 Å². The maximum atomic E-state index is 13.5. The molecule has 8 heteroatoms. The zero-order chi connectivity index (χ0) is 27.8. The highest BCUT2D eigenvalue weighted by Crippen LogP contribution is 2.49. The fourth-order valence-corrected chi connectivity index (χ4v) is 7.85. The molecule has 3 aromatic carbocycles. The van der Waals surface area contributed by atoms with Crippen molar-refractivity contribution in [2.24, 2.45) is 11.7 Å². The van der Waals surface area contributed by atoms with Crippen molar-refractivity contribution in [2.75, 3.05) is 20.1 Å². The normalized spacial score (nSPS) is 24.7. The van der Waals surface area contributed by atoms with E-state index in [1.165, 1.54) is 0 Å². The van der Waals surface area contributed by atoms with Crippen molar-refractivity contribution in [1.29, 1.82) is 0 Å². The van der Waals surface area contributed by atoms with Gasteiger partial charge in [0.15, 0.2) is 5.85 Å². The second-order valence-electron chi connectivity index (χ2n) is 11.0. The van der Waals surface area contributed by atoms with E-state index in [-0.39, 0.29) is 22.8 Å². The molecular formula is C31H37N3O4S. The number of aryl methyl sites for hydroxylation is 1. The summed E-state index contributed by atoms with van der Waals surface area (Å²) in [6.45, 7) is 5.07. The Balaban J connectivity index is 1.48. The number of hydrogen-bond acceptors (Lipinski definition) is 6. The fourth-order valence-electron chi connectivity index (χ4n) is 6.65. The summed E-state index contributed by atoms with van der Waals surface area (Å²) in [5, 5.41) is 0. The minimum Gasteiger partial charge on any atom is -0.369 e. The van der Waals surface area contributed by atoms with Gasteiger partial charge in [-0.1, -0.05) is 78.4 Å². The number of carbonyl (C=O) groups is 1. The number of benzene rings is 3. The molecule has 2 N–H and O–H groups in total. The Morgan fingerprint density at radius 1 is 0.923 bits per heavy atom. The zero-order valence-corrected chi connectivity index (χ0v) is 23.6. The zero-order valence-electron chi connectivity index (χ0n) is 22.8. The minimum absolute atomic E-state index is 0.0179. The average Bonchev–Trinajstić information content (AvgIpc) is 3.50. The molecule has 39 heavy (non-hydrogen) atoms. The van der Waals surface area contributed by atoms with Gasteiger partial charge in [0.2, 0.25) is 5.91 Å². The van der Waals surface area contributed by atoms with Gasteiger partial charge in [-0.2, -0.15) is 8.42 Å². The summed E-state index contributed by atoms with van der Waals surface area (Å²) in [5.74, 6) is -1.59. The molecule has 1 amide bonds. The van der Waals surface area contributed by atoms with Gasteiger partial charge in [-0.15, -0.1) is 0 Å². The Kier molecular flexibility index (Phi) is 7.41. The molecule has 1 unspecified atom stereocenters. The van der Waals surface area contributed by atoms with E-state index in [1.54, 1.807) is 24.3 Å². The maximum Gasteiger partial charge on any atom is 0.299 e. The second-order valence-corrected chi connectivity index (χ2v) is 12.5. The Labute approximate surface area is 231 Å². The Bertz CT molecular complexity index is 1370. The highest BCUT2D eigenvalue weighted by molar-refractivity contribution is 7.86. The van der Waals surface area contributed by atoms with Crippen LogP contribution in [0, 0.1) is 12.8 Å². The second kappa shape index (κ2) is 10.5. The lowest BCUT2D eigenvalue weighted by Crippen LogP contribution is -2.56. The van der Waals surface area contributed by atoms with E-state index in [0.717, 1.165) is 29.5 Å². The number of hydrogen-bond donors (Lipinski definition) is 1. The van der Waals surface area contributed by atoms with Crippen molar-refractivity contribution in [3.05, 3.63) is 102 Å². The van der Waals surface area contributed by atoms with Crippen LogP contribution in [0.4, 0.5) is 0 Å². The minimum atomic E-state index is -4.01. The molecule has 1 aliphatic carbocycles.